The Balaban J connectivity index is 2.33. The maximum absolute atomic E-state index is 5.63. The normalized spacial score (nSPS) is 9.88. The lowest BCUT2D eigenvalue weighted by molar-refractivity contribution is 0.337. The maximum atomic E-state index is 5.63. The average Bonchev–Trinajstić information content (AvgIpc) is 2.81. The number of nitrogens with zero attached hydrogens (tertiary/aromatic N) is 1. The first-order chi connectivity index (χ1) is 7.85. The highest BCUT2D eigenvalue weighted by Crippen LogP contribution is 2.39. The van der Waals surface area contributed by atoms with E-state index in [0.717, 1.165) is 0 Å². The van der Waals surface area contributed by atoms with Crippen molar-refractivity contribution in [3.63, 3.8) is 0 Å². The fourth-order valence-corrected chi connectivity index (χ4v) is 1.79. The van der Waals surface area contributed by atoms with E-state index in [1.165, 1.54) is 11.3 Å². The first kappa shape index (κ1) is 10.8. The van der Waals surface area contributed by atoms with E-state index in [-0.39, 0.29) is 0 Å². The van der Waals surface area contributed by atoms with Crippen molar-refractivity contribution in [1.29, 1.82) is 0 Å². The highest BCUT2D eigenvalue weighted by atomic mass is 32.1. The average molecular weight is 237 g/mol. The molecule has 0 aliphatic rings. The van der Waals surface area contributed by atoms with E-state index in [1.54, 1.807) is 25.9 Å². The Kier molecular flexibility index (Phi) is 3.26. The van der Waals surface area contributed by atoms with Gasteiger partial charge in [-0.1, -0.05) is 17.4 Å². The van der Waals surface area contributed by atoms with Crippen LogP contribution in [-0.2, 0) is 0 Å². The minimum atomic E-state index is 0.582. The molecule has 1 aromatic carbocycles. The molecule has 1 aromatic heterocycles. The van der Waals surface area contributed by atoms with E-state index in [1.807, 2.05) is 18.2 Å². The van der Waals surface area contributed by atoms with Crippen LogP contribution in [-0.4, -0.2) is 19.2 Å². The predicted octanol–water partition coefficient (Wildman–Crippen LogP) is 2.95. The zero-order valence-electron chi connectivity index (χ0n) is 8.97. The van der Waals surface area contributed by atoms with E-state index in [2.05, 4.69) is 4.98 Å². The summed E-state index contributed by atoms with van der Waals surface area (Å²) >= 11 is 1.42. The van der Waals surface area contributed by atoms with Gasteiger partial charge in [-0.3, -0.25) is 0 Å². The van der Waals surface area contributed by atoms with Gasteiger partial charge in [0.1, 0.15) is 0 Å². The van der Waals surface area contributed by atoms with Crippen molar-refractivity contribution in [2.45, 2.75) is 0 Å². The quantitative estimate of drug-likeness (QED) is 0.819. The molecule has 0 spiro atoms. The molecule has 16 heavy (non-hydrogen) atoms. The van der Waals surface area contributed by atoms with Gasteiger partial charge in [0, 0.05) is 0 Å². The lowest BCUT2D eigenvalue weighted by Crippen LogP contribution is -1.93. The van der Waals surface area contributed by atoms with Gasteiger partial charge in [-0.2, -0.15) is 0 Å². The predicted molar refractivity (Wildman–Crippen MR) is 61.7 cm³/mol. The van der Waals surface area contributed by atoms with Crippen LogP contribution in [0.15, 0.2) is 29.9 Å². The fourth-order valence-electron chi connectivity index (χ4n) is 1.30. The fraction of sp³-hybridized carbons (Fsp3) is 0.182. The molecule has 0 fully saturated rings. The summed E-state index contributed by atoms with van der Waals surface area (Å²) in [5.74, 6) is 1.84. The van der Waals surface area contributed by atoms with Crippen LogP contribution in [0.1, 0.15) is 0 Å². The van der Waals surface area contributed by atoms with E-state index < -0.39 is 0 Å². The molecule has 4 nitrogen and oxygen atoms in total. The van der Waals surface area contributed by atoms with Crippen LogP contribution in [0.4, 0.5) is 0 Å². The van der Waals surface area contributed by atoms with Crippen molar-refractivity contribution in [2.24, 2.45) is 0 Å². The molecule has 0 amide bonds. The third kappa shape index (κ3) is 2.09. The number of methoxy groups -OCH3 is 2. The summed E-state index contributed by atoms with van der Waals surface area (Å²) in [7, 11) is 3.17. The Morgan fingerprint density at radius 3 is 2.56 bits per heavy atom. The molecule has 0 unspecified atom stereocenters. The third-order valence-corrected chi connectivity index (χ3v) is 2.64. The van der Waals surface area contributed by atoms with Crippen molar-refractivity contribution >= 4 is 11.3 Å². The Bertz CT molecular complexity index is 456. The minimum Gasteiger partial charge on any atom is -0.493 e. The molecule has 0 radical (unpaired) electrons. The SMILES string of the molecule is COc1cccc(Oc2cncs2)c1OC. The summed E-state index contributed by atoms with van der Waals surface area (Å²) in [5, 5.41) is 0.714. The molecular weight excluding hydrogens is 226 g/mol. The second-order valence-corrected chi connectivity index (χ2v) is 3.76. The number of para-hydroxylation sites is 1. The van der Waals surface area contributed by atoms with Crippen LogP contribution in [0.3, 0.4) is 0 Å². The topological polar surface area (TPSA) is 40.6 Å². The second kappa shape index (κ2) is 4.85. The van der Waals surface area contributed by atoms with Crippen molar-refractivity contribution in [3.05, 3.63) is 29.9 Å². The number of ether oxygens (including phenoxy) is 3. The number of aromatic nitrogens is 1. The lowest BCUT2D eigenvalue weighted by atomic mass is 10.3. The molecule has 0 saturated heterocycles. The number of rotatable bonds is 4. The summed E-state index contributed by atoms with van der Waals surface area (Å²) in [4.78, 5) is 3.94. The molecule has 2 aromatic rings. The summed E-state index contributed by atoms with van der Waals surface area (Å²) in [6.07, 6.45) is 1.66. The Labute approximate surface area is 97.4 Å². The summed E-state index contributed by atoms with van der Waals surface area (Å²) in [6.45, 7) is 0. The molecule has 1 heterocycles. The van der Waals surface area contributed by atoms with Crippen molar-refractivity contribution in [1.82, 2.24) is 4.98 Å². The van der Waals surface area contributed by atoms with Crippen molar-refractivity contribution in [2.75, 3.05) is 14.2 Å². The lowest BCUT2D eigenvalue weighted by Gasteiger charge is -2.11. The smallest absolute Gasteiger partial charge is 0.203 e. The van der Waals surface area contributed by atoms with Gasteiger partial charge in [-0.05, 0) is 12.1 Å². The van der Waals surface area contributed by atoms with Crippen molar-refractivity contribution in [3.8, 4) is 22.3 Å². The van der Waals surface area contributed by atoms with Gasteiger partial charge in [0.2, 0.25) is 10.8 Å². The third-order valence-electron chi connectivity index (χ3n) is 1.99. The van der Waals surface area contributed by atoms with E-state index in [9.17, 15) is 0 Å². The molecule has 0 bridgehead atoms. The molecule has 2 rings (SSSR count). The van der Waals surface area contributed by atoms with Crippen LogP contribution in [0.2, 0.25) is 0 Å². The molecule has 5 heteroatoms. The molecule has 0 aliphatic carbocycles. The summed E-state index contributed by atoms with van der Waals surface area (Å²) in [5.41, 5.74) is 1.71. The monoisotopic (exact) mass is 237 g/mol. The summed E-state index contributed by atoms with van der Waals surface area (Å²) < 4.78 is 16.1. The zero-order chi connectivity index (χ0) is 11.4. The molecule has 0 aliphatic heterocycles. The molecular formula is C11H11NO3S. The number of hydrogen-bond donors (Lipinski definition) is 0. The van der Waals surface area contributed by atoms with Crippen LogP contribution in [0, 0.1) is 0 Å². The van der Waals surface area contributed by atoms with Crippen LogP contribution >= 0.6 is 11.3 Å². The molecule has 0 atom stereocenters. The van der Waals surface area contributed by atoms with Gasteiger partial charge < -0.3 is 14.2 Å². The van der Waals surface area contributed by atoms with Gasteiger partial charge in [0.25, 0.3) is 0 Å². The largest absolute Gasteiger partial charge is 0.493 e. The Morgan fingerprint density at radius 1 is 1.12 bits per heavy atom. The Hall–Kier alpha value is -1.75. The number of benzene rings is 1. The van der Waals surface area contributed by atoms with Crippen LogP contribution < -0.4 is 14.2 Å². The standard InChI is InChI=1S/C11H11NO3S/c1-13-8-4-3-5-9(11(8)14-2)15-10-6-12-7-16-10/h3-7H,1-2H3. The molecule has 0 N–H and O–H groups in total. The first-order valence-corrected chi connectivity index (χ1v) is 5.50. The van der Waals surface area contributed by atoms with Gasteiger partial charge in [0.15, 0.2) is 11.5 Å². The highest BCUT2D eigenvalue weighted by molar-refractivity contribution is 7.11. The van der Waals surface area contributed by atoms with Crippen molar-refractivity contribution < 1.29 is 14.2 Å². The number of thiazole rings is 1. The van der Waals surface area contributed by atoms with E-state index in [4.69, 9.17) is 14.2 Å². The minimum absolute atomic E-state index is 0.582. The zero-order valence-corrected chi connectivity index (χ0v) is 9.78. The van der Waals surface area contributed by atoms with Crippen LogP contribution in [0.25, 0.3) is 0 Å². The second-order valence-electron chi connectivity index (χ2n) is 2.91. The van der Waals surface area contributed by atoms with E-state index in [0.29, 0.717) is 22.3 Å². The van der Waals surface area contributed by atoms with Gasteiger partial charge >= 0.3 is 0 Å². The van der Waals surface area contributed by atoms with Gasteiger partial charge in [-0.25, -0.2) is 4.98 Å². The van der Waals surface area contributed by atoms with Gasteiger partial charge in [-0.15, -0.1) is 0 Å². The maximum Gasteiger partial charge on any atom is 0.203 e. The first-order valence-electron chi connectivity index (χ1n) is 4.62. The number of hydrogen-bond acceptors (Lipinski definition) is 5. The van der Waals surface area contributed by atoms with E-state index >= 15 is 0 Å². The molecule has 84 valence electrons. The Morgan fingerprint density at radius 2 is 1.94 bits per heavy atom. The molecule has 0 saturated carbocycles. The summed E-state index contributed by atoms with van der Waals surface area (Å²) in [6, 6.07) is 5.48. The van der Waals surface area contributed by atoms with Gasteiger partial charge in [0.05, 0.1) is 25.9 Å². The van der Waals surface area contributed by atoms with Crippen LogP contribution in [0.5, 0.6) is 22.3 Å². The highest BCUT2D eigenvalue weighted by Gasteiger charge is 2.11.